The zero-order chi connectivity index (χ0) is 29.0. The number of benzene rings is 5. The summed E-state index contributed by atoms with van der Waals surface area (Å²) in [7, 11) is 0. The predicted octanol–water partition coefficient (Wildman–Crippen LogP) is 9.92. The molecule has 0 aliphatic rings. The number of rotatable bonds is 6. The van der Waals surface area contributed by atoms with E-state index in [2.05, 4.69) is 36.4 Å². The van der Waals surface area contributed by atoms with Crippen molar-refractivity contribution in [2.45, 2.75) is 0 Å². The van der Waals surface area contributed by atoms with Gasteiger partial charge < -0.3 is 0 Å². The monoisotopic (exact) mass is 572 g/mol. The molecule has 7 aromatic rings. The summed E-state index contributed by atoms with van der Waals surface area (Å²) in [4.78, 5) is 19.7. The van der Waals surface area contributed by atoms with Crippen molar-refractivity contribution in [1.29, 1.82) is 0 Å². The van der Waals surface area contributed by atoms with Crippen LogP contribution in [0.2, 0.25) is 5.02 Å². The Morgan fingerprint density at radius 3 is 1.07 bits per heavy atom. The van der Waals surface area contributed by atoms with E-state index in [0.29, 0.717) is 16.7 Å². The molecule has 5 heteroatoms. The van der Waals surface area contributed by atoms with Gasteiger partial charge in [-0.05, 0) is 24.3 Å². The lowest BCUT2D eigenvalue weighted by molar-refractivity contribution is 1.18. The van der Waals surface area contributed by atoms with Crippen molar-refractivity contribution < 1.29 is 0 Å². The lowest BCUT2D eigenvalue weighted by Gasteiger charge is -2.11. The van der Waals surface area contributed by atoms with Gasteiger partial charge in [-0.3, -0.25) is 0 Å². The van der Waals surface area contributed by atoms with Gasteiger partial charge in [0.25, 0.3) is 0 Å². The molecule has 0 bridgehead atoms. The van der Waals surface area contributed by atoms with Crippen molar-refractivity contribution >= 4 is 11.6 Å². The molecule has 5 aromatic carbocycles. The van der Waals surface area contributed by atoms with Crippen molar-refractivity contribution in [1.82, 2.24) is 19.9 Å². The van der Waals surface area contributed by atoms with E-state index in [4.69, 9.17) is 31.5 Å². The van der Waals surface area contributed by atoms with Gasteiger partial charge >= 0.3 is 0 Å². The Kier molecular flexibility index (Phi) is 7.26. The summed E-state index contributed by atoms with van der Waals surface area (Å²) in [5.74, 6) is 1.35. The largest absolute Gasteiger partial charge is 0.228 e. The Bertz CT molecular complexity index is 1950. The Morgan fingerprint density at radius 1 is 0.302 bits per heavy atom. The predicted molar refractivity (Wildman–Crippen MR) is 175 cm³/mol. The van der Waals surface area contributed by atoms with E-state index in [9.17, 15) is 0 Å². The molecule has 4 nitrogen and oxygen atoms in total. The Hall–Kier alpha value is -5.45. The summed E-state index contributed by atoms with van der Waals surface area (Å²) in [6.45, 7) is 0. The molecular weight excluding hydrogens is 548 g/mol. The second-order valence-corrected chi connectivity index (χ2v) is 10.5. The maximum atomic E-state index is 6.33. The summed E-state index contributed by atoms with van der Waals surface area (Å²) in [6.07, 6.45) is 0. The van der Waals surface area contributed by atoms with Crippen molar-refractivity contribution in [2.24, 2.45) is 0 Å². The van der Waals surface area contributed by atoms with Crippen LogP contribution < -0.4 is 0 Å². The van der Waals surface area contributed by atoms with E-state index in [0.717, 1.165) is 56.2 Å². The standard InChI is InChI=1S/C38H25ClN4/c39-32-18-10-17-31(23-32)36-25-35(42-38(43-36)30-15-8-3-9-16-30)28-21-19-27(20-22-28)34-24-33(26-11-4-1-5-12-26)40-37(41-34)29-13-6-2-7-14-29/h1-25H. The zero-order valence-corrected chi connectivity index (χ0v) is 23.9. The molecule has 0 unspecified atom stereocenters. The van der Waals surface area contributed by atoms with Crippen LogP contribution in [0.1, 0.15) is 0 Å². The summed E-state index contributed by atoms with van der Waals surface area (Å²) < 4.78 is 0. The van der Waals surface area contributed by atoms with E-state index in [1.54, 1.807) is 0 Å². The molecular formula is C38H25ClN4. The highest BCUT2D eigenvalue weighted by Crippen LogP contribution is 2.31. The lowest BCUT2D eigenvalue weighted by atomic mass is 10.0. The quantitative estimate of drug-likeness (QED) is 0.199. The zero-order valence-electron chi connectivity index (χ0n) is 23.1. The van der Waals surface area contributed by atoms with Crippen molar-refractivity contribution in [3.63, 3.8) is 0 Å². The number of hydrogen-bond donors (Lipinski definition) is 0. The Morgan fingerprint density at radius 2 is 0.651 bits per heavy atom. The smallest absolute Gasteiger partial charge is 0.160 e. The summed E-state index contributed by atoms with van der Waals surface area (Å²) in [6, 6.07) is 50.4. The number of hydrogen-bond acceptors (Lipinski definition) is 4. The Labute approximate surface area is 255 Å². The average Bonchev–Trinajstić information content (AvgIpc) is 3.09. The fourth-order valence-corrected chi connectivity index (χ4v) is 5.18. The first-order valence-electron chi connectivity index (χ1n) is 14.0. The summed E-state index contributed by atoms with van der Waals surface area (Å²) in [5, 5.41) is 0.665. The molecule has 0 aliphatic heterocycles. The van der Waals surface area contributed by atoms with Crippen molar-refractivity contribution in [3.05, 3.63) is 157 Å². The van der Waals surface area contributed by atoms with Crippen LogP contribution in [0.4, 0.5) is 0 Å². The maximum absolute atomic E-state index is 6.33. The second kappa shape index (κ2) is 11.8. The van der Waals surface area contributed by atoms with Gasteiger partial charge in [-0.1, -0.05) is 139 Å². The molecule has 0 N–H and O–H groups in total. The van der Waals surface area contributed by atoms with Gasteiger partial charge in [0.1, 0.15) is 0 Å². The first-order chi connectivity index (χ1) is 21.2. The third-order valence-corrected chi connectivity index (χ3v) is 7.42. The van der Waals surface area contributed by atoms with Crippen LogP contribution in [0.15, 0.2) is 152 Å². The molecule has 0 radical (unpaired) electrons. The van der Waals surface area contributed by atoms with E-state index < -0.39 is 0 Å². The van der Waals surface area contributed by atoms with Gasteiger partial charge in [-0.15, -0.1) is 0 Å². The lowest BCUT2D eigenvalue weighted by Crippen LogP contribution is -1.97. The molecule has 0 saturated carbocycles. The van der Waals surface area contributed by atoms with Crippen LogP contribution in [0.3, 0.4) is 0 Å². The topological polar surface area (TPSA) is 51.6 Å². The molecule has 0 amide bonds. The average molecular weight is 573 g/mol. The van der Waals surface area contributed by atoms with Gasteiger partial charge in [0.15, 0.2) is 11.6 Å². The third-order valence-electron chi connectivity index (χ3n) is 7.18. The highest BCUT2D eigenvalue weighted by atomic mass is 35.5. The summed E-state index contributed by atoms with van der Waals surface area (Å²) >= 11 is 6.33. The maximum Gasteiger partial charge on any atom is 0.160 e. The van der Waals surface area contributed by atoms with Gasteiger partial charge in [0.2, 0.25) is 0 Å². The third kappa shape index (κ3) is 5.82. The minimum absolute atomic E-state index is 0.660. The molecule has 0 spiro atoms. The molecule has 2 heterocycles. The van der Waals surface area contributed by atoms with Crippen LogP contribution >= 0.6 is 11.6 Å². The molecule has 204 valence electrons. The molecule has 0 atom stereocenters. The molecule has 2 aromatic heterocycles. The van der Waals surface area contributed by atoms with Crippen LogP contribution in [0.25, 0.3) is 67.8 Å². The van der Waals surface area contributed by atoms with Crippen molar-refractivity contribution in [3.8, 4) is 67.8 Å². The van der Waals surface area contributed by atoms with Gasteiger partial charge in [-0.2, -0.15) is 0 Å². The van der Waals surface area contributed by atoms with Crippen LogP contribution in [0.5, 0.6) is 0 Å². The van der Waals surface area contributed by atoms with Crippen LogP contribution in [-0.4, -0.2) is 19.9 Å². The Balaban J connectivity index is 1.31. The minimum Gasteiger partial charge on any atom is -0.228 e. The number of aromatic nitrogens is 4. The van der Waals surface area contributed by atoms with E-state index in [1.807, 2.05) is 115 Å². The number of nitrogens with zero attached hydrogens (tertiary/aromatic N) is 4. The van der Waals surface area contributed by atoms with Crippen molar-refractivity contribution in [2.75, 3.05) is 0 Å². The molecule has 7 rings (SSSR count). The van der Waals surface area contributed by atoms with Crippen LogP contribution in [0, 0.1) is 0 Å². The molecule has 0 fully saturated rings. The van der Waals surface area contributed by atoms with E-state index >= 15 is 0 Å². The second-order valence-electron chi connectivity index (χ2n) is 10.1. The van der Waals surface area contributed by atoms with E-state index in [-0.39, 0.29) is 0 Å². The van der Waals surface area contributed by atoms with Gasteiger partial charge in [-0.25, -0.2) is 19.9 Å². The fraction of sp³-hybridized carbons (Fsp3) is 0. The van der Waals surface area contributed by atoms with Gasteiger partial charge in [0.05, 0.1) is 22.8 Å². The van der Waals surface area contributed by atoms with Gasteiger partial charge in [0, 0.05) is 38.4 Å². The highest BCUT2D eigenvalue weighted by molar-refractivity contribution is 6.30. The van der Waals surface area contributed by atoms with E-state index in [1.165, 1.54) is 0 Å². The molecule has 43 heavy (non-hydrogen) atoms. The normalized spacial score (nSPS) is 10.9. The fourth-order valence-electron chi connectivity index (χ4n) is 4.99. The first-order valence-corrected chi connectivity index (χ1v) is 14.4. The molecule has 0 aliphatic carbocycles. The highest BCUT2D eigenvalue weighted by Gasteiger charge is 2.13. The minimum atomic E-state index is 0.660. The first kappa shape index (κ1) is 26.4. The SMILES string of the molecule is Clc1cccc(-c2cc(-c3ccc(-c4cc(-c5ccccc5)nc(-c5ccccc5)n4)cc3)nc(-c3ccccc3)n2)c1. The molecule has 0 saturated heterocycles. The summed E-state index contributed by atoms with van der Waals surface area (Å²) in [5.41, 5.74) is 9.25. The van der Waals surface area contributed by atoms with Crippen LogP contribution in [-0.2, 0) is 0 Å². The number of halogens is 1.